The molecule has 4 nitrogen and oxygen atoms in total. The van der Waals surface area contributed by atoms with Gasteiger partial charge in [-0.1, -0.05) is 91.0 Å². The van der Waals surface area contributed by atoms with E-state index in [0.717, 1.165) is 44.8 Å². The van der Waals surface area contributed by atoms with Gasteiger partial charge < -0.3 is 14.6 Å². The first kappa shape index (κ1) is 24.2. The molecule has 5 aromatic rings. The summed E-state index contributed by atoms with van der Waals surface area (Å²) in [7, 11) is 0. The summed E-state index contributed by atoms with van der Waals surface area (Å²) in [4.78, 5) is 11.3. The molecule has 0 radical (unpaired) electrons. The van der Waals surface area contributed by atoms with Crippen LogP contribution in [0.15, 0.2) is 103 Å². The zero-order valence-corrected chi connectivity index (χ0v) is 20.1. The van der Waals surface area contributed by atoms with Crippen LogP contribution in [0.1, 0.15) is 5.56 Å². The highest BCUT2D eigenvalue weighted by Gasteiger charge is 2.19. The maximum Gasteiger partial charge on any atom is 0.341 e. The molecule has 5 heteroatoms. The molecule has 0 heterocycles. The molecular weight excluding hydrogens is 456 g/mol. The maximum atomic E-state index is 11.3. The molecule has 0 aliphatic heterocycles. The zero-order valence-electron chi connectivity index (χ0n) is 19.1. The lowest BCUT2D eigenvalue weighted by Gasteiger charge is -2.19. The van der Waals surface area contributed by atoms with Crippen molar-refractivity contribution in [3.63, 3.8) is 0 Å². The van der Waals surface area contributed by atoms with Gasteiger partial charge in [0.2, 0.25) is 0 Å². The average Bonchev–Trinajstić information content (AvgIpc) is 2.88. The van der Waals surface area contributed by atoms with E-state index in [2.05, 4.69) is 30.3 Å². The standard InChI is InChI=1S/C30H24O4.H2S/c31-28(32)20-34-27-17-15-23-11-5-7-13-25(23)30(27)29-24-12-6-4-10-22(24)14-16-26(29)33-19-18-21-8-2-1-3-9-21;/h1-17H,18-20H2,(H,31,32);1H2. The van der Waals surface area contributed by atoms with Gasteiger partial charge in [-0.25, -0.2) is 4.79 Å². The van der Waals surface area contributed by atoms with Gasteiger partial charge in [0.15, 0.2) is 6.61 Å². The van der Waals surface area contributed by atoms with Crippen molar-refractivity contribution < 1.29 is 19.4 Å². The van der Waals surface area contributed by atoms with Gasteiger partial charge in [-0.2, -0.15) is 13.5 Å². The highest BCUT2D eigenvalue weighted by atomic mass is 32.1. The molecular formula is C30H26O4S. The summed E-state index contributed by atoms with van der Waals surface area (Å²) in [5, 5.41) is 13.4. The normalized spacial score (nSPS) is 10.6. The molecule has 0 amide bonds. The van der Waals surface area contributed by atoms with Gasteiger partial charge in [-0.05, 0) is 39.2 Å². The maximum absolute atomic E-state index is 11.3. The molecule has 35 heavy (non-hydrogen) atoms. The third-order valence-corrected chi connectivity index (χ3v) is 5.87. The zero-order chi connectivity index (χ0) is 23.3. The van der Waals surface area contributed by atoms with Crippen LogP contribution in [0.25, 0.3) is 32.7 Å². The SMILES string of the molecule is O=C(O)COc1ccc2ccccc2c1-c1c(OCCc2ccccc2)ccc2ccccc12.S. The minimum absolute atomic E-state index is 0. The molecule has 0 unspecified atom stereocenters. The fourth-order valence-corrected chi connectivity index (χ4v) is 4.32. The third kappa shape index (κ3) is 5.26. The number of aliphatic carboxylic acids is 1. The van der Waals surface area contributed by atoms with Crippen molar-refractivity contribution in [2.24, 2.45) is 0 Å². The van der Waals surface area contributed by atoms with Crippen LogP contribution in [-0.4, -0.2) is 24.3 Å². The number of hydrogen-bond donors (Lipinski definition) is 1. The van der Waals surface area contributed by atoms with Crippen molar-refractivity contribution in [1.82, 2.24) is 0 Å². The first-order valence-electron chi connectivity index (χ1n) is 11.3. The number of fused-ring (bicyclic) bond motifs is 2. The van der Waals surface area contributed by atoms with Crippen LogP contribution in [0, 0.1) is 0 Å². The molecule has 0 saturated carbocycles. The Labute approximate surface area is 211 Å². The number of carboxylic acid groups (broad SMARTS) is 1. The largest absolute Gasteiger partial charge is 0.493 e. The second kappa shape index (κ2) is 11.0. The summed E-state index contributed by atoms with van der Waals surface area (Å²) in [6.45, 7) is 0.103. The van der Waals surface area contributed by atoms with Crippen molar-refractivity contribution in [3.8, 4) is 22.6 Å². The van der Waals surface area contributed by atoms with Gasteiger partial charge in [0.05, 0.1) is 6.61 Å². The molecule has 0 spiro atoms. The van der Waals surface area contributed by atoms with E-state index in [4.69, 9.17) is 9.47 Å². The highest BCUT2D eigenvalue weighted by molar-refractivity contribution is 7.59. The predicted octanol–water partition coefficient (Wildman–Crippen LogP) is 6.86. The summed E-state index contributed by atoms with van der Waals surface area (Å²) < 4.78 is 12.1. The summed E-state index contributed by atoms with van der Waals surface area (Å²) in [6.07, 6.45) is 0.783. The average molecular weight is 483 g/mol. The van der Waals surface area contributed by atoms with Crippen molar-refractivity contribution >= 4 is 41.0 Å². The summed E-state index contributed by atoms with van der Waals surface area (Å²) in [5.41, 5.74) is 2.95. The Kier molecular flexibility index (Phi) is 7.58. The lowest BCUT2D eigenvalue weighted by molar-refractivity contribution is -0.139. The minimum atomic E-state index is -1.02. The molecule has 176 valence electrons. The molecule has 0 aromatic heterocycles. The fraction of sp³-hybridized carbons (Fsp3) is 0.100. The van der Waals surface area contributed by atoms with Crippen LogP contribution in [0.2, 0.25) is 0 Å². The molecule has 0 aliphatic rings. The Morgan fingerprint density at radius 2 is 1.14 bits per heavy atom. The second-order valence-corrected chi connectivity index (χ2v) is 8.09. The Hall–Kier alpha value is -3.96. The first-order chi connectivity index (χ1) is 16.7. The summed E-state index contributed by atoms with van der Waals surface area (Å²) in [5.74, 6) is 0.243. The number of ether oxygens (including phenoxy) is 2. The molecule has 0 saturated heterocycles. The van der Waals surface area contributed by atoms with Gasteiger partial charge in [0, 0.05) is 17.5 Å². The van der Waals surface area contributed by atoms with Crippen molar-refractivity contribution in [1.29, 1.82) is 0 Å². The van der Waals surface area contributed by atoms with Gasteiger partial charge in [-0.3, -0.25) is 0 Å². The number of hydrogen-bond acceptors (Lipinski definition) is 3. The lowest BCUT2D eigenvalue weighted by Crippen LogP contribution is -2.10. The second-order valence-electron chi connectivity index (χ2n) is 8.09. The van der Waals surface area contributed by atoms with E-state index in [1.807, 2.05) is 72.8 Å². The molecule has 0 aliphatic carbocycles. The molecule has 0 atom stereocenters. The van der Waals surface area contributed by atoms with E-state index in [9.17, 15) is 9.90 Å². The van der Waals surface area contributed by atoms with Crippen LogP contribution in [-0.2, 0) is 11.2 Å². The Bertz CT molecular complexity index is 1460. The smallest absolute Gasteiger partial charge is 0.341 e. The minimum Gasteiger partial charge on any atom is -0.493 e. The molecule has 0 fully saturated rings. The van der Waals surface area contributed by atoms with Gasteiger partial charge in [0.25, 0.3) is 0 Å². The van der Waals surface area contributed by atoms with E-state index < -0.39 is 12.6 Å². The lowest BCUT2D eigenvalue weighted by atomic mass is 9.92. The van der Waals surface area contributed by atoms with Gasteiger partial charge >= 0.3 is 5.97 Å². The van der Waals surface area contributed by atoms with Crippen molar-refractivity contribution in [2.45, 2.75) is 6.42 Å². The first-order valence-corrected chi connectivity index (χ1v) is 11.3. The Morgan fingerprint density at radius 3 is 1.71 bits per heavy atom. The van der Waals surface area contributed by atoms with Gasteiger partial charge in [-0.15, -0.1) is 0 Å². The molecule has 5 aromatic carbocycles. The van der Waals surface area contributed by atoms with Crippen LogP contribution < -0.4 is 9.47 Å². The summed E-state index contributed by atoms with van der Waals surface area (Å²) in [6, 6.07) is 34.3. The van der Waals surface area contributed by atoms with Crippen molar-refractivity contribution in [3.05, 3.63) is 109 Å². The monoisotopic (exact) mass is 482 g/mol. The van der Waals surface area contributed by atoms with Crippen LogP contribution in [0.4, 0.5) is 0 Å². The van der Waals surface area contributed by atoms with E-state index in [1.165, 1.54) is 5.56 Å². The Balaban J connectivity index is 0.00000289. The van der Waals surface area contributed by atoms with Crippen molar-refractivity contribution in [2.75, 3.05) is 13.2 Å². The highest BCUT2D eigenvalue weighted by Crippen LogP contribution is 2.45. The predicted molar refractivity (Wildman–Crippen MR) is 146 cm³/mol. The summed E-state index contributed by atoms with van der Waals surface area (Å²) >= 11 is 0. The van der Waals surface area contributed by atoms with E-state index >= 15 is 0 Å². The number of carboxylic acids is 1. The third-order valence-electron chi connectivity index (χ3n) is 5.87. The van der Waals surface area contributed by atoms with E-state index in [1.54, 1.807) is 0 Å². The molecule has 5 rings (SSSR count). The van der Waals surface area contributed by atoms with E-state index in [0.29, 0.717) is 12.4 Å². The molecule has 0 bridgehead atoms. The molecule has 1 N–H and O–H groups in total. The Morgan fingerprint density at radius 1 is 0.629 bits per heavy atom. The van der Waals surface area contributed by atoms with Crippen LogP contribution in [0.5, 0.6) is 11.5 Å². The van der Waals surface area contributed by atoms with Crippen LogP contribution in [0.3, 0.4) is 0 Å². The number of carbonyl (C=O) groups is 1. The van der Waals surface area contributed by atoms with Crippen LogP contribution >= 0.6 is 13.5 Å². The number of benzene rings is 5. The fourth-order valence-electron chi connectivity index (χ4n) is 4.32. The quantitative estimate of drug-likeness (QED) is 0.263. The topological polar surface area (TPSA) is 55.8 Å². The van der Waals surface area contributed by atoms with Gasteiger partial charge in [0.1, 0.15) is 11.5 Å². The van der Waals surface area contributed by atoms with E-state index in [-0.39, 0.29) is 13.5 Å². The number of rotatable bonds is 8.